The summed E-state index contributed by atoms with van der Waals surface area (Å²) in [5.74, 6) is 5.77. The van der Waals surface area contributed by atoms with E-state index in [1.807, 2.05) is 13.0 Å². The summed E-state index contributed by atoms with van der Waals surface area (Å²) in [6, 6.07) is 0. The van der Waals surface area contributed by atoms with Crippen LogP contribution in [0.1, 0.15) is 26.7 Å². The van der Waals surface area contributed by atoms with Crippen LogP contribution in [0.15, 0.2) is 12.2 Å². The van der Waals surface area contributed by atoms with Crippen LogP contribution in [-0.4, -0.2) is 19.0 Å². The van der Waals surface area contributed by atoms with E-state index in [0.29, 0.717) is 13.2 Å². The fraction of sp³-hybridized carbons (Fsp3) is 0.667. The molecule has 2 heteroatoms. The minimum atomic E-state index is -0.422. The van der Waals surface area contributed by atoms with Crippen LogP contribution >= 0.6 is 0 Å². The van der Waals surface area contributed by atoms with Crippen LogP contribution in [0.25, 0.3) is 0 Å². The van der Waals surface area contributed by atoms with Crippen molar-refractivity contribution >= 4 is 0 Å². The van der Waals surface area contributed by atoms with E-state index in [4.69, 9.17) is 9.47 Å². The van der Waals surface area contributed by atoms with Crippen molar-refractivity contribution in [1.29, 1.82) is 0 Å². The van der Waals surface area contributed by atoms with Crippen molar-refractivity contribution < 1.29 is 9.47 Å². The molecule has 1 saturated heterocycles. The van der Waals surface area contributed by atoms with E-state index in [0.717, 1.165) is 12.8 Å². The maximum absolute atomic E-state index is 5.60. The van der Waals surface area contributed by atoms with Crippen LogP contribution in [0.4, 0.5) is 0 Å². The third-order valence-electron chi connectivity index (χ3n) is 2.88. The Labute approximate surface area is 85.3 Å². The third-order valence-corrected chi connectivity index (χ3v) is 2.88. The zero-order chi connectivity index (χ0) is 10.1. The van der Waals surface area contributed by atoms with Crippen molar-refractivity contribution in [2.45, 2.75) is 32.5 Å². The molecular weight excluding hydrogens is 176 g/mol. The molecule has 2 rings (SSSR count). The van der Waals surface area contributed by atoms with Gasteiger partial charge < -0.3 is 9.47 Å². The van der Waals surface area contributed by atoms with Crippen LogP contribution in [0.5, 0.6) is 0 Å². The predicted octanol–water partition coefficient (Wildman–Crippen LogP) is 2.11. The second kappa shape index (κ2) is 3.42. The Morgan fingerprint density at radius 3 is 2.36 bits per heavy atom. The molecule has 0 aromatic heterocycles. The highest BCUT2D eigenvalue weighted by Gasteiger charge is 2.39. The van der Waals surface area contributed by atoms with Gasteiger partial charge in [-0.2, -0.15) is 0 Å². The van der Waals surface area contributed by atoms with Crippen LogP contribution < -0.4 is 0 Å². The summed E-state index contributed by atoms with van der Waals surface area (Å²) in [6.45, 7) is 5.45. The summed E-state index contributed by atoms with van der Waals surface area (Å²) >= 11 is 0. The fourth-order valence-electron chi connectivity index (χ4n) is 2.01. The maximum Gasteiger partial charge on any atom is 0.188 e. The molecule has 1 aliphatic heterocycles. The zero-order valence-electron chi connectivity index (χ0n) is 8.80. The van der Waals surface area contributed by atoms with E-state index in [-0.39, 0.29) is 5.41 Å². The lowest BCUT2D eigenvalue weighted by Gasteiger charge is -2.33. The molecule has 0 amide bonds. The lowest BCUT2D eigenvalue weighted by molar-refractivity contribution is -0.128. The molecule has 1 spiro atoms. The smallest absolute Gasteiger partial charge is 0.188 e. The summed E-state index contributed by atoms with van der Waals surface area (Å²) in [6.07, 6.45) is 6.07. The first-order valence-electron chi connectivity index (χ1n) is 5.10. The quantitative estimate of drug-likeness (QED) is 0.432. The number of ether oxygens (including phenoxy) is 2. The van der Waals surface area contributed by atoms with Gasteiger partial charge in [0, 0.05) is 11.8 Å². The van der Waals surface area contributed by atoms with Gasteiger partial charge in [0.25, 0.3) is 0 Å². The summed E-state index contributed by atoms with van der Waals surface area (Å²) < 4.78 is 11.2. The van der Waals surface area contributed by atoms with Crippen molar-refractivity contribution in [3.05, 3.63) is 12.2 Å². The van der Waals surface area contributed by atoms with E-state index in [1.54, 1.807) is 0 Å². The molecule has 0 saturated carbocycles. The van der Waals surface area contributed by atoms with Crippen LogP contribution in [0.3, 0.4) is 0 Å². The van der Waals surface area contributed by atoms with E-state index in [9.17, 15) is 0 Å². The van der Waals surface area contributed by atoms with Crippen LogP contribution in [-0.2, 0) is 9.47 Å². The molecule has 76 valence electrons. The Bertz CT molecular complexity index is 302. The van der Waals surface area contributed by atoms with Gasteiger partial charge >= 0.3 is 0 Å². The lowest BCUT2D eigenvalue weighted by Crippen LogP contribution is -2.33. The largest absolute Gasteiger partial charge is 0.344 e. The lowest BCUT2D eigenvalue weighted by atomic mass is 9.79. The minimum Gasteiger partial charge on any atom is -0.344 e. The summed E-state index contributed by atoms with van der Waals surface area (Å²) in [7, 11) is 0. The van der Waals surface area contributed by atoms with Gasteiger partial charge in [-0.1, -0.05) is 12.0 Å². The van der Waals surface area contributed by atoms with Crippen molar-refractivity contribution in [3.63, 3.8) is 0 Å². The number of hydrogen-bond donors (Lipinski definition) is 0. The van der Waals surface area contributed by atoms with Gasteiger partial charge in [0.1, 0.15) is 0 Å². The molecule has 0 N–H and O–H groups in total. The SMILES string of the molecule is CC#CC1(C)C=CC2(CC1)OCCO2. The van der Waals surface area contributed by atoms with Gasteiger partial charge in [-0.15, -0.1) is 5.92 Å². The van der Waals surface area contributed by atoms with Gasteiger partial charge in [0.15, 0.2) is 5.79 Å². The van der Waals surface area contributed by atoms with Crippen molar-refractivity contribution in [1.82, 2.24) is 0 Å². The summed E-state index contributed by atoms with van der Waals surface area (Å²) in [4.78, 5) is 0. The molecule has 1 unspecified atom stereocenters. The topological polar surface area (TPSA) is 18.5 Å². The number of rotatable bonds is 0. The highest BCUT2D eigenvalue weighted by atomic mass is 16.7. The molecule has 1 heterocycles. The predicted molar refractivity (Wildman–Crippen MR) is 54.6 cm³/mol. The Hall–Kier alpha value is -0.780. The normalized spacial score (nSPS) is 34.1. The van der Waals surface area contributed by atoms with Gasteiger partial charge in [0.05, 0.1) is 13.2 Å². The Kier molecular flexibility index (Phi) is 2.38. The van der Waals surface area contributed by atoms with Crippen molar-refractivity contribution in [3.8, 4) is 11.8 Å². The highest BCUT2D eigenvalue weighted by molar-refractivity contribution is 5.22. The first kappa shape index (κ1) is 9.76. The Morgan fingerprint density at radius 1 is 1.14 bits per heavy atom. The molecule has 2 nitrogen and oxygen atoms in total. The van der Waals surface area contributed by atoms with E-state index >= 15 is 0 Å². The summed E-state index contributed by atoms with van der Waals surface area (Å²) in [5, 5.41) is 0. The second-order valence-electron chi connectivity index (χ2n) is 4.13. The van der Waals surface area contributed by atoms with Gasteiger partial charge in [-0.3, -0.25) is 0 Å². The van der Waals surface area contributed by atoms with Gasteiger partial charge in [0.2, 0.25) is 0 Å². The average molecular weight is 192 g/mol. The minimum absolute atomic E-state index is 0.00924. The van der Waals surface area contributed by atoms with E-state index in [2.05, 4.69) is 24.8 Å². The number of allylic oxidation sites excluding steroid dienone is 1. The molecule has 0 bridgehead atoms. The number of hydrogen-bond acceptors (Lipinski definition) is 2. The first-order valence-corrected chi connectivity index (χ1v) is 5.10. The van der Waals surface area contributed by atoms with E-state index < -0.39 is 5.79 Å². The molecule has 0 aromatic rings. The molecule has 0 radical (unpaired) electrons. The monoisotopic (exact) mass is 192 g/mol. The van der Waals surface area contributed by atoms with Gasteiger partial charge in [-0.25, -0.2) is 0 Å². The van der Waals surface area contributed by atoms with Crippen LogP contribution in [0, 0.1) is 17.3 Å². The second-order valence-corrected chi connectivity index (χ2v) is 4.13. The highest BCUT2D eigenvalue weighted by Crippen LogP contribution is 2.38. The molecule has 1 aliphatic carbocycles. The average Bonchev–Trinajstić information content (AvgIpc) is 2.61. The summed E-state index contributed by atoms with van der Waals surface area (Å²) in [5.41, 5.74) is 0.00924. The standard InChI is InChI=1S/C12H16O2/c1-3-4-11(2)5-7-12(8-6-11)13-9-10-14-12/h5,7H,6,8-10H2,1-2H3. The molecule has 1 fully saturated rings. The maximum atomic E-state index is 5.60. The Morgan fingerprint density at radius 2 is 1.86 bits per heavy atom. The Balaban J connectivity index is 2.15. The molecule has 2 aliphatic rings. The first-order chi connectivity index (χ1) is 6.68. The van der Waals surface area contributed by atoms with Crippen molar-refractivity contribution in [2.24, 2.45) is 5.41 Å². The molecule has 14 heavy (non-hydrogen) atoms. The zero-order valence-corrected chi connectivity index (χ0v) is 8.80. The third kappa shape index (κ3) is 1.70. The molecule has 0 aromatic carbocycles. The van der Waals surface area contributed by atoms with Crippen molar-refractivity contribution in [2.75, 3.05) is 13.2 Å². The van der Waals surface area contributed by atoms with Gasteiger partial charge in [-0.05, 0) is 26.3 Å². The van der Waals surface area contributed by atoms with Crippen LogP contribution in [0.2, 0.25) is 0 Å². The fourth-order valence-corrected chi connectivity index (χ4v) is 2.01. The molecular formula is C12H16O2. The molecule has 1 atom stereocenters. The van der Waals surface area contributed by atoms with E-state index in [1.165, 1.54) is 0 Å².